The van der Waals surface area contributed by atoms with Crippen molar-refractivity contribution in [2.45, 2.75) is 20.0 Å². The van der Waals surface area contributed by atoms with E-state index in [2.05, 4.69) is 26.2 Å². The number of carbonyl (C=O) groups is 4. The Morgan fingerprint density at radius 1 is 1.17 bits per heavy atom. The van der Waals surface area contributed by atoms with Crippen LogP contribution < -0.4 is 14.8 Å². The molecule has 0 bridgehead atoms. The van der Waals surface area contributed by atoms with Crippen LogP contribution in [-0.4, -0.2) is 53.2 Å². The quantitative estimate of drug-likeness (QED) is 0.184. The molecule has 13 heteroatoms. The number of hydrogen-bond donors (Lipinski definition) is 1. The van der Waals surface area contributed by atoms with E-state index in [1.807, 2.05) is 25.1 Å². The Morgan fingerprint density at radius 2 is 1.98 bits per heavy atom. The molecule has 0 saturated carbocycles. The first-order valence-electron chi connectivity index (χ1n) is 12.6. The first-order valence-corrected chi connectivity index (χ1v) is 14.6. The summed E-state index contributed by atoms with van der Waals surface area (Å²) in [6.45, 7) is 1.79. The van der Waals surface area contributed by atoms with Crippen LogP contribution in [0.5, 0.6) is 11.5 Å². The number of rotatable bonds is 11. The number of halogens is 2. The van der Waals surface area contributed by atoms with Crippen molar-refractivity contribution in [3.05, 3.63) is 85.9 Å². The predicted molar refractivity (Wildman–Crippen MR) is 163 cm³/mol. The van der Waals surface area contributed by atoms with Crippen molar-refractivity contribution in [3.8, 4) is 11.5 Å². The zero-order valence-electron chi connectivity index (χ0n) is 22.5. The standard InChI is InChI=1S/C29H25BrClN3O7S/c1-3-10-40-28(37)20-14-18(7-8-22(20)31)33-25(35)15-34-27(36)24(42-29(34)38)13-17-11-21(30)26(23(12-17)39-2)41-16-19-6-4-5-9-32-19/h4-9,11-14H,3,10,15-16H2,1-2H3,(H,33,35)/b24-13+. The second-order valence-corrected chi connectivity index (χ2v) is 11.0. The molecule has 1 fully saturated rings. The lowest BCUT2D eigenvalue weighted by Gasteiger charge is -2.14. The molecule has 1 N–H and O–H groups in total. The van der Waals surface area contributed by atoms with Gasteiger partial charge < -0.3 is 19.5 Å². The molecule has 2 aromatic carbocycles. The molecule has 0 aliphatic carbocycles. The number of benzene rings is 2. The van der Waals surface area contributed by atoms with E-state index in [1.54, 1.807) is 18.3 Å². The van der Waals surface area contributed by atoms with E-state index in [1.165, 1.54) is 31.4 Å². The van der Waals surface area contributed by atoms with Gasteiger partial charge in [-0.1, -0.05) is 24.6 Å². The summed E-state index contributed by atoms with van der Waals surface area (Å²) in [7, 11) is 1.49. The maximum atomic E-state index is 13.0. The van der Waals surface area contributed by atoms with Crippen molar-refractivity contribution in [2.75, 3.05) is 25.6 Å². The number of esters is 1. The molecule has 1 aliphatic rings. The van der Waals surface area contributed by atoms with Gasteiger partial charge in [0.1, 0.15) is 13.2 Å². The van der Waals surface area contributed by atoms with Gasteiger partial charge in [-0.25, -0.2) is 4.79 Å². The Morgan fingerprint density at radius 3 is 2.69 bits per heavy atom. The van der Waals surface area contributed by atoms with Gasteiger partial charge in [0.15, 0.2) is 11.5 Å². The van der Waals surface area contributed by atoms with Crippen LogP contribution in [0.2, 0.25) is 5.02 Å². The van der Waals surface area contributed by atoms with Crippen LogP contribution >= 0.6 is 39.3 Å². The minimum atomic E-state index is -0.632. The molecule has 1 saturated heterocycles. The van der Waals surface area contributed by atoms with Crippen molar-refractivity contribution in [2.24, 2.45) is 0 Å². The number of nitrogens with zero attached hydrogens (tertiary/aromatic N) is 2. The summed E-state index contributed by atoms with van der Waals surface area (Å²) in [4.78, 5) is 55.8. The van der Waals surface area contributed by atoms with Crippen molar-refractivity contribution in [1.29, 1.82) is 0 Å². The van der Waals surface area contributed by atoms with E-state index in [9.17, 15) is 19.2 Å². The third-order valence-electron chi connectivity index (χ3n) is 5.72. The van der Waals surface area contributed by atoms with Crippen LogP contribution in [0, 0.1) is 0 Å². The van der Waals surface area contributed by atoms with Crippen LogP contribution in [-0.2, 0) is 20.9 Å². The number of amides is 3. The largest absolute Gasteiger partial charge is 0.493 e. The molecular formula is C29H25BrClN3O7S. The lowest BCUT2D eigenvalue weighted by Crippen LogP contribution is -2.36. The van der Waals surface area contributed by atoms with Crippen LogP contribution in [0.15, 0.2) is 64.1 Å². The number of imide groups is 1. The number of nitrogens with one attached hydrogen (secondary N) is 1. The van der Waals surface area contributed by atoms with Gasteiger partial charge in [0.2, 0.25) is 5.91 Å². The highest BCUT2D eigenvalue weighted by atomic mass is 79.9. The summed E-state index contributed by atoms with van der Waals surface area (Å²) < 4.78 is 17.1. The molecule has 3 aromatic rings. The minimum absolute atomic E-state index is 0.0896. The second-order valence-electron chi connectivity index (χ2n) is 8.79. The Bertz CT molecular complexity index is 1550. The zero-order valence-corrected chi connectivity index (χ0v) is 25.7. The first-order chi connectivity index (χ1) is 20.2. The minimum Gasteiger partial charge on any atom is -0.493 e. The van der Waals surface area contributed by atoms with Crippen LogP contribution in [0.1, 0.15) is 35.0 Å². The topological polar surface area (TPSA) is 124 Å². The van der Waals surface area contributed by atoms with Gasteiger partial charge in [-0.15, -0.1) is 0 Å². The SMILES string of the molecule is CCCOC(=O)c1cc(NC(=O)CN2C(=O)S/C(=C/c3cc(Br)c(OCc4ccccn4)c(OC)c3)C2=O)ccc1Cl. The van der Waals surface area contributed by atoms with Crippen LogP contribution in [0.4, 0.5) is 10.5 Å². The Labute approximate surface area is 259 Å². The lowest BCUT2D eigenvalue weighted by molar-refractivity contribution is -0.127. The van der Waals surface area contributed by atoms with E-state index in [4.69, 9.17) is 25.8 Å². The van der Waals surface area contributed by atoms with Gasteiger partial charge in [-0.2, -0.15) is 0 Å². The summed E-state index contributed by atoms with van der Waals surface area (Å²) in [5.41, 5.74) is 1.66. The molecule has 4 rings (SSSR count). The van der Waals surface area contributed by atoms with Crippen molar-refractivity contribution < 1.29 is 33.4 Å². The average Bonchev–Trinajstić information content (AvgIpc) is 3.23. The molecule has 0 atom stereocenters. The number of anilines is 1. The molecule has 10 nitrogen and oxygen atoms in total. The van der Waals surface area contributed by atoms with E-state index in [-0.39, 0.29) is 34.4 Å². The maximum absolute atomic E-state index is 13.0. The van der Waals surface area contributed by atoms with Crippen molar-refractivity contribution in [3.63, 3.8) is 0 Å². The number of thioether (sulfide) groups is 1. The van der Waals surface area contributed by atoms with E-state index in [0.29, 0.717) is 39.7 Å². The summed E-state index contributed by atoms with van der Waals surface area (Å²) in [5.74, 6) is -1.01. The van der Waals surface area contributed by atoms with Crippen molar-refractivity contribution >= 4 is 74.1 Å². The monoisotopic (exact) mass is 673 g/mol. The van der Waals surface area contributed by atoms with Crippen molar-refractivity contribution in [1.82, 2.24) is 9.88 Å². The predicted octanol–water partition coefficient (Wildman–Crippen LogP) is 6.33. The maximum Gasteiger partial charge on any atom is 0.339 e. The normalized spacial score (nSPS) is 13.8. The average molecular weight is 675 g/mol. The lowest BCUT2D eigenvalue weighted by atomic mass is 10.2. The van der Waals surface area contributed by atoms with Gasteiger partial charge in [-0.05, 0) is 88.2 Å². The van der Waals surface area contributed by atoms with E-state index in [0.717, 1.165) is 10.6 Å². The van der Waals surface area contributed by atoms with E-state index < -0.39 is 29.6 Å². The molecular weight excluding hydrogens is 650 g/mol. The Balaban J connectivity index is 1.44. The second kappa shape index (κ2) is 14.3. The van der Waals surface area contributed by atoms with Gasteiger partial charge in [0.05, 0.1) is 39.4 Å². The molecule has 0 radical (unpaired) electrons. The highest BCUT2D eigenvalue weighted by Gasteiger charge is 2.36. The fraction of sp³-hybridized carbons (Fsp3) is 0.207. The van der Waals surface area contributed by atoms with Crippen LogP contribution in [0.3, 0.4) is 0 Å². The zero-order chi connectivity index (χ0) is 30.2. The smallest absolute Gasteiger partial charge is 0.339 e. The Kier molecular flexibility index (Phi) is 10.6. The van der Waals surface area contributed by atoms with Crippen LogP contribution in [0.25, 0.3) is 6.08 Å². The number of pyridine rings is 1. The number of hydrogen-bond acceptors (Lipinski definition) is 9. The van der Waals surface area contributed by atoms with Gasteiger partial charge in [0, 0.05) is 11.9 Å². The number of ether oxygens (including phenoxy) is 3. The fourth-order valence-corrected chi connectivity index (χ4v) is 5.36. The molecule has 0 unspecified atom stereocenters. The molecule has 1 aliphatic heterocycles. The summed E-state index contributed by atoms with van der Waals surface area (Å²) in [5, 5.41) is 2.16. The summed E-state index contributed by atoms with van der Waals surface area (Å²) in [6, 6.07) is 13.2. The molecule has 1 aromatic heterocycles. The summed E-state index contributed by atoms with van der Waals surface area (Å²) >= 11 is 10.3. The fourth-order valence-electron chi connectivity index (χ4n) is 3.76. The number of aromatic nitrogens is 1. The molecule has 2 heterocycles. The molecule has 218 valence electrons. The molecule has 42 heavy (non-hydrogen) atoms. The van der Waals surface area contributed by atoms with Gasteiger partial charge in [0.25, 0.3) is 11.1 Å². The highest BCUT2D eigenvalue weighted by Crippen LogP contribution is 2.39. The highest BCUT2D eigenvalue weighted by molar-refractivity contribution is 9.10. The Hall–Kier alpha value is -3.87. The number of carbonyl (C=O) groups excluding carboxylic acids is 4. The molecule has 0 spiro atoms. The third-order valence-corrected chi connectivity index (χ3v) is 7.55. The van der Waals surface area contributed by atoms with Gasteiger partial charge in [-0.3, -0.25) is 24.3 Å². The third kappa shape index (κ3) is 7.69. The molecule has 3 amide bonds. The summed E-state index contributed by atoms with van der Waals surface area (Å²) in [6.07, 6.45) is 3.85. The number of methoxy groups -OCH3 is 1. The van der Waals surface area contributed by atoms with Gasteiger partial charge >= 0.3 is 5.97 Å². The van der Waals surface area contributed by atoms with E-state index >= 15 is 0 Å². The first kappa shape index (κ1) is 31.1.